The van der Waals surface area contributed by atoms with E-state index in [1.165, 1.54) is 0 Å². The van der Waals surface area contributed by atoms with Crippen molar-refractivity contribution in [3.8, 4) is 0 Å². The molecule has 3 rings (SSSR count). The van der Waals surface area contributed by atoms with Gasteiger partial charge in [-0.2, -0.15) is 0 Å². The highest BCUT2D eigenvalue weighted by atomic mass is 32.1. The van der Waals surface area contributed by atoms with E-state index >= 15 is 0 Å². The van der Waals surface area contributed by atoms with Crippen molar-refractivity contribution in [2.24, 2.45) is 5.92 Å². The average Bonchev–Trinajstić information content (AvgIpc) is 2.96. The van der Waals surface area contributed by atoms with Gasteiger partial charge in [0.25, 0.3) is 0 Å². The lowest BCUT2D eigenvalue weighted by atomic mass is 9.89. The maximum Gasteiger partial charge on any atom is 0.307 e. The SMILES string of the molecule is O=C(O)[C@@H]1CCC[C@H]1c1ccc2ncsc2c1. The van der Waals surface area contributed by atoms with Gasteiger partial charge < -0.3 is 5.11 Å². The Labute approximate surface area is 103 Å². The Morgan fingerprint density at radius 3 is 3.12 bits per heavy atom. The van der Waals surface area contributed by atoms with Gasteiger partial charge in [0.1, 0.15) is 0 Å². The van der Waals surface area contributed by atoms with Gasteiger partial charge in [-0.05, 0) is 36.5 Å². The molecule has 1 aromatic carbocycles. The van der Waals surface area contributed by atoms with Gasteiger partial charge in [-0.15, -0.1) is 11.3 Å². The van der Waals surface area contributed by atoms with Gasteiger partial charge in [0.05, 0.1) is 21.6 Å². The van der Waals surface area contributed by atoms with E-state index in [1.807, 2.05) is 17.6 Å². The molecule has 0 amide bonds. The van der Waals surface area contributed by atoms with Crippen LogP contribution in [-0.4, -0.2) is 16.1 Å². The van der Waals surface area contributed by atoms with Gasteiger partial charge in [0.15, 0.2) is 0 Å². The molecule has 3 nitrogen and oxygen atoms in total. The minimum atomic E-state index is -0.656. The average molecular weight is 247 g/mol. The Bertz CT molecular complexity index is 563. The molecule has 2 atom stereocenters. The van der Waals surface area contributed by atoms with E-state index in [9.17, 15) is 9.90 Å². The monoisotopic (exact) mass is 247 g/mol. The third-order valence-electron chi connectivity index (χ3n) is 3.62. The quantitative estimate of drug-likeness (QED) is 0.886. The zero-order chi connectivity index (χ0) is 11.8. The highest BCUT2D eigenvalue weighted by molar-refractivity contribution is 7.16. The van der Waals surface area contributed by atoms with Gasteiger partial charge in [0, 0.05) is 0 Å². The number of thiazole rings is 1. The second-order valence-electron chi connectivity index (χ2n) is 4.56. The summed E-state index contributed by atoms with van der Waals surface area (Å²) < 4.78 is 1.15. The predicted octanol–water partition coefficient (Wildman–Crippen LogP) is 3.26. The van der Waals surface area contributed by atoms with Crippen LogP contribution in [0.1, 0.15) is 30.7 Å². The Morgan fingerprint density at radius 1 is 1.41 bits per heavy atom. The molecule has 4 heteroatoms. The summed E-state index contributed by atoms with van der Waals surface area (Å²) in [6.45, 7) is 0. The zero-order valence-corrected chi connectivity index (χ0v) is 10.1. The molecule has 0 unspecified atom stereocenters. The van der Waals surface area contributed by atoms with E-state index in [4.69, 9.17) is 0 Å². The number of rotatable bonds is 2. The second kappa shape index (κ2) is 4.11. The van der Waals surface area contributed by atoms with Crippen LogP contribution >= 0.6 is 11.3 Å². The number of carboxylic acid groups (broad SMARTS) is 1. The van der Waals surface area contributed by atoms with Crippen LogP contribution in [0.25, 0.3) is 10.2 Å². The molecule has 0 radical (unpaired) electrons. The fraction of sp³-hybridized carbons (Fsp3) is 0.385. The summed E-state index contributed by atoms with van der Waals surface area (Å²) in [6, 6.07) is 6.14. The van der Waals surface area contributed by atoms with Gasteiger partial charge in [-0.25, -0.2) is 4.98 Å². The molecular formula is C13H13NO2S. The van der Waals surface area contributed by atoms with Gasteiger partial charge in [0.2, 0.25) is 0 Å². The fourth-order valence-electron chi connectivity index (χ4n) is 2.76. The van der Waals surface area contributed by atoms with Gasteiger partial charge >= 0.3 is 5.97 Å². The summed E-state index contributed by atoms with van der Waals surface area (Å²) in [4.78, 5) is 15.4. The predicted molar refractivity (Wildman–Crippen MR) is 67.3 cm³/mol. The maximum absolute atomic E-state index is 11.2. The first-order valence-corrected chi connectivity index (χ1v) is 6.69. The van der Waals surface area contributed by atoms with Crippen molar-refractivity contribution in [1.82, 2.24) is 4.98 Å². The van der Waals surface area contributed by atoms with Crippen molar-refractivity contribution in [3.05, 3.63) is 29.3 Å². The zero-order valence-electron chi connectivity index (χ0n) is 9.30. The van der Waals surface area contributed by atoms with E-state index in [1.54, 1.807) is 11.3 Å². The van der Waals surface area contributed by atoms with Crippen molar-refractivity contribution in [2.75, 3.05) is 0 Å². The largest absolute Gasteiger partial charge is 0.481 e. The Hall–Kier alpha value is -1.42. The molecule has 1 fully saturated rings. The van der Waals surface area contributed by atoms with Crippen LogP contribution in [0.5, 0.6) is 0 Å². The fourth-order valence-corrected chi connectivity index (χ4v) is 3.48. The maximum atomic E-state index is 11.2. The molecule has 1 saturated carbocycles. The third kappa shape index (κ3) is 1.82. The number of hydrogen-bond acceptors (Lipinski definition) is 3. The van der Waals surface area contributed by atoms with Crippen LogP contribution in [0.2, 0.25) is 0 Å². The van der Waals surface area contributed by atoms with Crippen molar-refractivity contribution in [2.45, 2.75) is 25.2 Å². The topological polar surface area (TPSA) is 50.2 Å². The lowest BCUT2D eigenvalue weighted by Gasteiger charge is -2.15. The van der Waals surface area contributed by atoms with E-state index in [-0.39, 0.29) is 11.8 Å². The lowest BCUT2D eigenvalue weighted by Crippen LogP contribution is -2.16. The molecule has 2 aromatic rings. The van der Waals surface area contributed by atoms with Crippen molar-refractivity contribution in [3.63, 3.8) is 0 Å². The Morgan fingerprint density at radius 2 is 2.29 bits per heavy atom. The molecule has 0 spiro atoms. The number of carboxylic acids is 1. The number of fused-ring (bicyclic) bond motifs is 1. The number of carbonyl (C=O) groups is 1. The normalized spacial score (nSPS) is 24.2. The summed E-state index contributed by atoms with van der Waals surface area (Å²) in [7, 11) is 0. The Balaban J connectivity index is 1.99. The van der Waals surface area contributed by atoms with Crippen molar-refractivity contribution >= 4 is 27.5 Å². The highest BCUT2D eigenvalue weighted by Crippen LogP contribution is 2.40. The number of hydrogen-bond donors (Lipinski definition) is 1. The molecule has 1 aromatic heterocycles. The molecule has 88 valence electrons. The lowest BCUT2D eigenvalue weighted by molar-refractivity contribution is -0.142. The Kier molecular flexibility index (Phi) is 2.59. The second-order valence-corrected chi connectivity index (χ2v) is 5.45. The molecule has 0 bridgehead atoms. The van der Waals surface area contributed by atoms with E-state index in [2.05, 4.69) is 11.1 Å². The molecule has 0 aliphatic heterocycles. The third-order valence-corrected chi connectivity index (χ3v) is 4.41. The first-order chi connectivity index (χ1) is 8.25. The van der Waals surface area contributed by atoms with Crippen LogP contribution in [0.3, 0.4) is 0 Å². The highest BCUT2D eigenvalue weighted by Gasteiger charge is 2.33. The number of nitrogens with zero attached hydrogens (tertiary/aromatic N) is 1. The number of benzene rings is 1. The summed E-state index contributed by atoms with van der Waals surface area (Å²) in [5.74, 6) is -0.684. The van der Waals surface area contributed by atoms with Crippen LogP contribution in [-0.2, 0) is 4.79 Å². The van der Waals surface area contributed by atoms with Crippen LogP contribution < -0.4 is 0 Å². The van der Waals surface area contributed by atoms with Crippen LogP contribution in [0, 0.1) is 5.92 Å². The van der Waals surface area contributed by atoms with Crippen LogP contribution in [0.15, 0.2) is 23.7 Å². The molecule has 1 aliphatic carbocycles. The van der Waals surface area contributed by atoms with Gasteiger partial charge in [-0.3, -0.25) is 4.79 Å². The standard InChI is InChI=1S/C13H13NO2S/c15-13(16)10-3-1-2-9(10)8-4-5-11-12(6-8)17-7-14-11/h4-7,9-10H,1-3H2,(H,15,16)/t9-,10+/m0/s1. The first-order valence-electron chi connectivity index (χ1n) is 5.81. The number of aliphatic carboxylic acids is 1. The molecule has 1 aliphatic rings. The smallest absolute Gasteiger partial charge is 0.307 e. The minimum Gasteiger partial charge on any atom is -0.481 e. The first kappa shape index (κ1) is 10.7. The summed E-state index contributed by atoms with van der Waals surface area (Å²) in [5.41, 5.74) is 3.99. The minimum absolute atomic E-state index is 0.180. The molecule has 17 heavy (non-hydrogen) atoms. The summed E-state index contributed by atoms with van der Waals surface area (Å²) >= 11 is 1.61. The van der Waals surface area contributed by atoms with E-state index in [0.29, 0.717) is 0 Å². The van der Waals surface area contributed by atoms with Gasteiger partial charge in [-0.1, -0.05) is 12.5 Å². The molecule has 1 N–H and O–H groups in total. The molecule has 0 saturated heterocycles. The molecular weight excluding hydrogens is 234 g/mol. The molecule has 1 heterocycles. The number of aromatic nitrogens is 1. The van der Waals surface area contributed by atoms with E-state index in [0.717, 1.165) is 35.0 Å². The van der Waals surface area contributed by atoms with Crippen molar-refractivity contribution in [1.29, 1.82) is 0 Å². The summed E-state index contributed by atoms with van der Waals surface area (Å²) in [6.07, 6.45) is 2.81. The van der Waals surface area contributed by atoms with E-state index < -0.39 is 5.97 Å². The van der Waals surface area contributed by atoms with Crippen molar-refractivity contribution < 1.29 is 9.90 Å². The van der Waals surface area contributed by atoms with Crippen LogP contribution in [0.4, 0.5) is 0 Å². The summed E-state index contributed by atoms with van der Waals surface area (Å²) in [5, 5.41) is 9.21.